The topological polar surface area (TPSA) is 50.7 Å². The van der Waals surface area contributed by atoms with Gasteiger partial charge in [-0.3, -0.25) is 0 Å². The van der Waals surface area contributed by atoms with Crippen molar-refractivity contribution in [1.29, 1.82) is 0 Å². The quantitative estimate of drug-likeness (QED) is 0.595. The van der Waals surface area contributed by atoms with E-state index >= 15 is 0 Å². The molecule has 1 unspecified atom stereocenters. The average molecular weight is 191 g/mol. The Bertz CT molecular complexity index is 128. The highest BCUT2D eigenvalue weighted by Gasteiger charge is 2.17. The number of nitrogens with one attached hydrogen (secondary N) is 1. The highest BCUT2D eigenvalue weighted by Crippen LogP contribution is 2.01. The molecule has 0 aliphatic carbocycles. The minimum Gasteiger partial charge on any atom is -0.389 e. The van der Waals surface area contributed by atoms with E-state index in [-0.39, 0.29) is 5.54 Å². The predicted octanol–water partition coefficient (Wildman–Crippen LogP) is 0.00830. The van der Waals surface area contributed by atoms with Gasteiger partial charge in [-0.2, -0.15) is 0 Å². The van der Waals surface area contributed by atoms with Gasteiger partial charge in [0.1, 0.15) is 0 Å². The fraction of sp³-hybridized carbons (Fsp3) is 1.00. The third-order valence-electron chi connectivity index (χ3n) is 1.68. The van der Waals surface area contributed by atoms with Crippen LogP contribution in [-0.4, -0.2) is 50.7 Å². The highest BCUT2D eigenvalue weighted by atomic mass is 16.5. The first-order chi connectivity index (χ1) is 6.02. The van der Waals surface area contributed by atoms with Gasteiger partial charge in [0.2, 0.25) is 0 Å². The number of rotatable bonds is 7. The molecule has 0 aliphatic rings. The predicted molar refractivity (Wildman–Crippen MR) is 51.8 cm³/mol. The molecular weight excluding hydrogens is 170 g/mol. The lowest BCUT2D eigenvalue weighted by molar-refractivity contribution is 0.0523. The number of hydrogen-bond acceptors (Lipinski definition) is 4. The molecule has 0 radical (unpaired) electrons. The van der Waals surface area contributed by atoms with Crippen molar-refractivity contribution in [3.63, 3.8) is 0 Å². The first kappa shape index (κ1) is 12.8. The molecule has 0 bridgehead atoms. The number of aliphatic hydroxyl groups is 1. The summed E-state index contributed by atoms with van der Waals surface area (Å²) in [5, 5.41) is 12.5. The molecule has 0 fully saturated rings. The van der Waals surface area contributed by atoms with E-state index in [4.69, 9.17) is 9.47 Å². The third kappa shape index (κ3) is 6.95. The second-order valence-electron chi connectivity index (χ2n) is 3.81. The molecule has 2 N–H and O–H groups in total. The minimum absolute atomic E-state index is 0.108. The van der Waals surface area contributed by atoms with Crippen LogP contribution in [0, 0.1) is 0 Å². The zero-order valence-corrected chi connectivity index (χ0v) is 8.96. The monoisotopic (exact) mass is 191 g/mol. The average Bonchev–Trinajstić information content (AvgIpc) is 2.02. The molecule has 0 aromatic rings. The molecule has 0 saturated heterocycles. The second-order valence-corrected chi connectivity index (χ2v) is 3.81. The van der Waals surface area contributed by atoms with Gasteiger partial charge in [-0.05, 0) is 13.8 Å². The molecule has 4 heteroatoms. The van der Waals surface area contributed by atoms with Crippen LogP contribution in [0.3, 0.4) is 0 Å². The summed E-state index contributed by atoms with van der Waals surface area (Å²) in [7, 11) is 3.23. The summed E-state index contributed by atoms with van der Waals surface area (Å²) in [6.07, 6.45) is -0.457. The first-order valence-corrected chi connectivity index (χ1v) is 4.43. The van der Waals surface area contributed by atoms with Crippen molar-refractivity contribution >= 4 is 0 Å². The SMILES string of the molecule is COCC(O)CNC(C)(C)COC. The van der Waals surface area contributed by atoms with E-state index in [1.165, 1.54) is 0 Å². The molecule has 0 heterocycles. The van der Waals surface area contributed by atoms with Gasteiger partial charge in [0.25, 0.3) is 0 Å². The number of methoxy groups -OCH3 is 2. The van der Waals surface area contributed by atoms with E-state index < -0.39 is 6.10 Å². The van der Waals surface area contributed by atoms with Crippen LogP contribution in [0.25, 0.3) is 0 Å². The summed E-state index contributed by atoms with van der Waals surface area (Å²) < 4.78 is 9.83. The van der Waals surface area contributed by atoms with Gasteiger partial charge in [-0.15, -0.1) is 0 Å². The van der Waals surface area contributed by atoms with Gasteiger partial charge in [0, 0.05) is 26.3 Å². The molecule has 13 heavy (non-hydrogen) atoms. The Morgan fingerprint density at radius 2 is 1.92 bits per heavy atom. The summed E-state index contributed by atoms with van der Waals surface area (Å²) in [5.74, 6) is 0. The van der Waals surface area contributed by atoms with Crippen molar-refractivity contribution in [3.8, 4) is 0 Å². The van der Waals surface area contributed by atoms with Crippen molar-refractivity contribution in [2.24, 2.45) is 0 Å². The normalized spacial score (nSPS) is 14.5. The zero-order valence-electron chi connectivity index (χ0n) is 8.96. The summed E-state index contributed by atoms with van der Waals surface area (Å²) in [4.78, 5) is 0. The Hall–Kier alpha value is -0.160. The van der Waals surface area contributed by atoms with E-state index in [0.717, 1.165) is 0 Å². The van der Waals surface area contributed by atoms with Crippen LogP contribution in [0.15, 0.2) is 0 Å². The van der Waals surface area contributed by atoms with Gasteiger partial charge >= 0.3 is 0 Å². The first-order valence-electron chi connectivity index (χ1n) is 4.43. The number of ether oxygens (including phenoxy) is 2. The zero-order chi connectivity index (χ0) is 10.3. The number of aliphatic hydroxyl groups excluding tert-OH is 1. The van der Waals surface area contributed by atoms with Gasteiger partial charge in [0.15, 0.2) is 0 Å². The Morgan fingerprint density at radius 3 is 2.38 bits per heavy atom. The maximum absolute atomic E-state index is 9.35. The lowest BCUT2D eigenvalue weighted by Gasteiger charge is -2.26. The van der Waals surface area contributed by atoms with Crippen LogP contribution in [0.2, 0.25) is 0 Å². The van der Waals surface area contributed by atoms with Crippen LogP contribution >= 0.6 is 0 Å². The lowest BCUT2D eigenvalue weighted by Crippen LogP contribution is -2.47. The van der Waals surface area contributed by atoms with Crippen LogP contribution in [0.4, 0.5) is 0 Å². The molecule has 0 spiro atoms. The standard InChI is InChI=1S/C9H21NO3/c1-9(2,7-13-4)10-5-8(11)6-12-3/h8,10-11H,5-7H2,1-4H3. The second kappa shape index (κ2) is 6.32. The Labute approximate surface area is 80.2 Å². The summed E-state index contributed by atoms with van der Waals surface area (Å²) in [6, 6.07) is 0. The molecular formula is C9H21NO3. The van der Waals surface area contributed by atoms with Gasteiger partial charge in [-0.1, -0.05) is 0 Å². The van der Waals surface area contributed by atoms with Crippen molar-refractivity contribution < 1.29 is 14.6 Å². The van der Waals surface area contributed by atoms with Crippen molar-refractivity contribution in [2.45, 2.75) is 25.5 Å². The van der Waals surface area contributed by atoms with Gasteiger partial charge in [0.05, 0.1) is 19.3 Å². The molecule has 0 aromatic carbocycles. The van der Waals surface area contributed by atoms with Crippen LogP contribution in [0.5, 0.6) is 0 Å². The van der Waals surface area contributed by atoms with Crippen LogP contribution in [-0.2, 0) is 9.47 Å². The van der Waals surface area contributed by atoms with E-state index in [1.54, 1.807) is 14.2 Å². The Balaban J connectivity index is 3.60. The van der Waals surface area contributed by atoms with Crippen molar-refractivity contribution in [2.75, 3.05) is 34.0 Å². The molecule has 0 rings (SSSR count). The third-order valence-corrected chi connectivity index (χ3v) is 1.68. The molecule has 0 aliphatic heterocycles. The van der Waals surface area contributed by atoms with Gasteiger partial charge in [-0.25, -0.2) is 0 Å². The fourth-order valence-electron chi connectivity index (χ4n) is 1.06. The fourth-order valence-corrected chi connectivity index (χ4v) is 1.06. The van der Waals surface area contributed by atoms with Crippen molar-refractivity contribution in [1.82, 2.24) is 5.32 Å². The number of hydrogen-bond donors (Lipinski definition) is 2. The summed E-state index contributed by atoms with van der Waals surface area (Å²) in [5.41, 5.74) is -0.108. The van der Waals surface area contributed by atoms with E-state index in [0.29, 0.717) is 19.8 Å². The lowest BCUT2D eigenvalue weighted by atomic mass is 10.1. The molecule has 0 aromatic heterocycles. The summed E-state index contributed by atoms with van der Waals surface area (Å²) in [6.45, 7) is 5.54. The van der Waals surface area contributed by atoms with E-state index in [1.807, 2.05) is 13.8 Å². The smallest absolute Gasteiger partial charge is 0.0897 e. The molecule has 1 atom stereocenters. The molecule has 80 valence electrons. The van der Waals surface area contributed by atoms with Crippen LogP contribution < -0.4 is 5.32 Å². The Kier molecular flexibility index (Phi) is 6.24. The molecule has 0 saturated carbocycles. The van der Waals surface area contributed by atoms with E-state index in [9.17, 15) is 5.11 Å². The van der Waals surface area contributed by atoms with Crippen molar-refractivity contribution in [3.05, 3.63) is 0 Å². The van der Waals surface area contributed by atoms with E-state index in [2.05, 4.69) is 5.32 Å². The molecule has 4 nitrogen and oxygen atoms in total. The number of β-amino-alcohol motifs (C(OH)–C–C–N with tert-alkyl or cyclic N) is 1. The maximum Gasteiger partial charge on any atom is 0.0897 e. The largest absolute Gasteiger partial charge is 0.389 e. The minimum atomic E-state index is -0.457. The van der Waals surface area contributed by atoms with Gasteiger partial charge < -0.3 is 19.9 Å². The Morgan fingerprint density at radius 1 is 1.31 bits per heavy atom. The maximum atomic E-state index is 9.35. The molecule has 0 amide bonds. The van der Waals surface area contributed by atoms with Crippen LogP contribution in [0.1, 0.15) is 13.8 Å². The highest BCUT2D eigenvalue weighted by molar-refractivity contribution is 4.78. The summed E-state index contributed by atoms with van der Waals surface area (Å²) >= 11 is 0.